The fourth-order valence-corrected chi connectivity index (χ4v) is 2.14. The summed E-state index contributed by atoms with van der Waals surface area (Å²) in [5.41, 5.74) is -0.793. The van der Waals surface area contributed by atoms with Crippen LogP contribution in [0.25, 0.3) is 0 Å². The van der Waals surface area contributed by atoms with E-state index in [-0.39, 0.29) is 0 Å². The maximum Gasteiger partial charge on any atom is 0.332 e. The van der Waals surface area contributed by atoms with E-state index in [9.17, 15) is 19.8 Å². The van der Waals surface area contributed by atoms with E-state index < -0.39 is 42.4 Å². The molecule has 1 aromatic heterocycles. The lowest BCUT2D eigenvalue weighted by atomic mass is 10.1. The first-order chi connectivity index (χ1) is 8.88. The summed E-state index contributed by atoms with van der Waals surface area (Å²) < 4.78 is 7.18. The number of aryl methyl sites for hydroxylation is 1. The second kappa shape index (κ2) is 4.89. The first-order valence-corrected chi connectivity index (χ1v) is 5.79. The number of aliphatic hydroxyl groups excluding tert-OH is 3. The molecule has 0 bridgehead atoms. The van der Waals surface area contributed by atoms with Crippen molar-refractivity contribution in [1.29, 1.82) is 0 Å². The van der Waals surface area contributed by atoms with E-state index in [1.807, 2.05) is 0 Å². The molecule has 0 spiro atoms. The van der Waals surface area contributed by atoms with Gasteiger partial charge in [-0.05, 0) is 6.92 Å². The maximum atomic E-state index is 12.0. The van der Waals surface area contributed by atoms with Crippen LogP contribution >= 0.6 is 0 Å². The minimum absolute atomic E-state index is 0.305. The van der Waals surface area contributed by atoms with Gasteiger partial charge in [-0.15, -0.1) is 0 Å². The molecule has 1 unspecified atom stereocenters. The van der Waals surface area contributed by atoms with Gasteiger partial charge in [0.05, 0.1) is 6.61 Å². The van der Waals surface area contributed by atoms with Crippen molar-refractivity contribution in [2.45, 2.75) is 31.5 Å². The van der Waals surface area contributed by atoms with Crippen molar-refractivity contribution in [1.82, 2.24) is 9.13 Å². The molecule has 0 aromatic carbocycles. The third-order valence-corrected chi connectivity index (χ3v) is 3.27. The molecule has 0 saturated carbocycles. The fourth-order valence-electron chi connectivity index (χ4n) is 2.14. The van der Waals surface area contributed by atoms with Crippen LogP contribution in [0.4, 0.5) is 0 Å². The van der Waals surface area contributed by atoms with E-state index >= 15 is 0 Å². The van der Waals surface area contributed by atoms with Crippen LogP contribution in [0.2, 0.25) is 0 Å². The Balaban J connectivity index is 2.50. The van der Waals surface area contributed by atoms with Crippen LogP contribution in [0.15, 0.2) is 15.8 Å². The Morgan fingerprint density at radius 1 is 1.32 bits per heavy atom. The lowest BCUT2D eigenvalue weighted by Crippen LogP contribution is -2.43. The Morgan fingerprint density at radius 3 is 2.47 bits per heavy atom. The van der Waals surface area contributed by atoms with E-state index in [2.05, 4.69) is 0 Å². The largest absolute Gasteiger partial charge is 0.394 e. The predicted octanol–water partition coefficient (Wildman–Crippen LogP) is -2.53. The maximum absolute atomic E-state index is 12.0. The number of rotatable bonds is 2. The summed E-state index contributed by atoms with van der Waals surface area (Å²) in [6.45, 7) is 1.05. The van der Waals surface area contributed by atoms with Gasteiger partial charge in [-0.1, -0.05) is 0 Å². The van der Waals surface area contributed by atoms with Crippen LogP contribution in [-0.4, -0.2) is 49.4 Å². The zero-order valence-electron chi connectivity index (χ0n) is 10.6. The summed E-state index contributed by atoms with van der Waals surface area (Å²) >= 11 is 0. The van der Waals surface area contributed by atoms with Crippen molar-refractivity contribution in [3.8, 4) is 0 Å². The smallest absolute Gasteiger partial charge is 0.332 e. The number of ether oxygens (including phenoxy) is 1. The molecular weight excluding hydrogens is 256 g/mol. The molecule has 0 amide bonds. The molecule has 4 atom stereocenters. The van der Waals surface area contributed by atoms with Gasteiger partial charge in [0.25, 0.3) is 5.56 Å². The van der Waals surface area contributed by atoms with Crippen LogP contribution in [-0.2, 0) is 11.8 Å². The average molecular weight is 272 g/mol. The number of hydrogen-bond acceptors (Lipinski definition) is 6. The van der Waals surface area contributed by atoms with Gasteiger partial charge in [-0.3, -0.25) is 13.9 Å². The Labute approximate surface area is 108 Å². The molecule has 1 saturated heterocycles. The van der Waals surface area contributed by atoms with Gasteiger partial charge in [0.1, 0.15) is 18.3 Å². The Bertz CT molecular complexity index is 592. The van der Waals surface area contributed by atoms with Gasteiger partial charge < -0.3 is 20.1 Å². The van der Waals surface area contributed by atoms with Crippen molar-refractivity contribution in [3.05, 3.63) is 32.6 Å². The Morgan fingerprint density at radius 2 is 1.95 bits per heavy atom. The minimum atomic E-state index is -1.35. The molecule has 2 heterocycles. The van der Waals surface area contributed by atoms with Crippen molar-refractivity contribution in [3.63, 3.8) is 0 Å². The quantitative estimate of drug-likeness (QED) is 0.547. The number of hydrogen-bond donors (Lipinski definition) is 3. The highest BCUT2D eigenvalue weighted by molar-refractivity contribution is 5.04. The molecule has 1 fully saturated rings. The van der Waals surface area contributed by atoms with E-state index in [1.54, 1.807) is 0 Å². The van der Waals surface area contributed by atoms with Gasteiger partial charge in [0.2, 0.25) is 0 Å². The number of aliphatic hydroxyl groups is 3. The van der Waals surface area contributed by atoms with Crippen molar-refractivity contribution >= 4 is 0 Å². The van der Waals surface area contributed by atoms with Gasteiger partial charge in [-0.2, -0.15) is 0 Å². The zero-order valence-corrected chi connectivity index (χ0v) is 10.6. The summed E-state index contributed by atoms with van der Waals surface area (Å²) in [5, 5.41) is 28.5. The first kappa shape index (κ1) is 13.9. The zero-order chi connectivity index (χ0) is 14.3. The summed E-state index contributed by atoms with van der Waals surface area (Å²) in [6, 6.07) is 0. The van der Waals surface area contributed by atoms with Gasteiger partial charge in [0.15, 0.2) is 6.23 Å². The van der Waals surface area contributed by atoms with Crippen LogP contribution in [0.3, 0.4) is 0 Å². The normalized spacial score (nSPS) is 30.8. The highest BCUT2D eigenvalue weighted by Gasteiger charge is 2.43. The molecule has 19 heavy (non-hydrogen) atoms. The Hall–Kier alpha value is -1.48. The van der Waals surface area contributed by atoms with Gasteiger partial charge in [0, 0.05) is 18.8 Å². The highest BCUT2D eigenvalue weighted by Crippen LogP contribution is 2.27. The molecule has 1 aliphatic heterocycles. The molecule has 2 rings (SSSR count). The summed E-state index contributed by atoms with van der Waals surface area (Å²) in [7, 11) is 1.31. The fraction of sp³-hybridized carbons (Fsp3) is 0.636. The average Bonchev–Trinajstić information content (AvgIpc) is 2.68. The summed E-state index contributed by atoms with van der Waals surface area (Å²) in [5.74, 6) is 0. The standard InChI is InChI=1S/C11H16N2O6/c1-5-3-13(11(18)12(2)9(5)17)10-8(16)7(15)6(4-14)19-10/h3,6-8,10,14-16H,4H2,1-2H3/t6-,7-,8+,10?/m1/s1. The SMILES string of the molecule is Cc1cn(C2O[C@H](CO)[C@@H](O)[C@@H]2O)c(=O)n(C)c1=O. The molecule has 3 N–H and O–H groups in total. The van der Waals surface area contributed by atoms with Crippen molar-refractivity contribution in [2.24, 2.45) is 7.05 Å². The van der Waals surface area contributed by atoms with E-state index in [0.29, 0.717) is 5.56 Å². The lowest BCUT2D eigenvalue weighted by molar-refractivity contribution is -0.0555. The van der Waals surface area contributed by atoms with E-state index in [4.69, 9.17) is 9.84 Å². The third-order valence-electron chi connectivity index (χ3n) is 3.27. The summed E-state index contributed by atoms with van der Waals surface area (Å²) in [6.07, 6.45) is -3.48. The van der Waals surface area contributed by atoms with Crippen molar-refractivity contribution < 1.29 is 20.1 Å². The molecule has 8 heteroatoms. The molecular formula is C11H16N2O6. The van der Waals surface area contributed by atoms with Crippen LogP contribution in [0.1, 0.15) is 11.8 Å². The number of nitrogens with zero attached hydrogens (tertiary/aromatic N) is 2. The predicted molar refractivity (Wildman–Crippen MR) is 63.7 cm³/mol. The number of aromatic nitrogens is 2. The van der Waals surface area contributed by atoms with Gasteiger partial charge >= 0.3 is 5.69 Å². The topological polar surface area (TPSA) is 114 Å². The van der Waals surface area contributed by atoms with Crippen LogP contribution in [0.5, 0.6) is 0 Å². The minimum Gasteiger partial charge on any atom is -0.394 e. The second-order valence-electron chi connectivity index (χ2n) is 4.59. The second-order valence-corrected chi connectivity index (χ2v) is 4.59. The molecule has 0 radical (unpaired) electrons. The van der Waals surface area contributed by atoms with Crippen molar-refractivity contribution in [2.75, 3.05) is 6.61 Å². The molecule has 106 valence electrons. The molecule has 1 aliphatic rings. The van der Waals surface area contributed by atoms with E-state index in [0.717, 1.165) is 9.13 Å². The summed E-state index contributed by atoms with van der Waals surface area (Å²) in [4.78, 5) is 23.5. The van der Waals surface area contributed by atoms with Crippen LogP contribution in [0, 0.1) is 6.92 Å². The Kier molecular flexibility index (Phi) is 3.59. The van der Waals surface area contributed by atoms with Crippen LogP contribution < -0.4 is 11.2 Å². The van der Waals surface area contributed by atoms with Gasteiger partial charge in [-0.25, -0.2) is 4.79 Å². The monoisotopic (exact) mass is 272 g/mol. The third kappa shape index (κ3) is 2.12. The highest BCUT2D eigenvalue weighted by atomic mass is 16.6. The lowest BCUT2D eigenvalue weighted by Gasteiger charge is -2.18. The van der Waals surface area contributed by atoms with E-state index in [1.165, 1.54) is 20.2 Å². The molecule has 8 nitrogen and oxygen atoms in total. The first-order valence-electron chi connectivity index (χ1n) is 5.79. The molecule has 1 aromatic rings. The molecule has 0 aliphatic carbocycles.